The van der Waals surface area contributed by atoms with Crippen LogP contribution in [0.15, 0.2) is 0 Å². The van der Waals surface area contributed by atoms with E-state index < -0.39 is 11.9 Å². The molecule has 0 spiro atoms. The lowest BCUT2D eigenvalue weighted by atomic mass is 10.0. The SMILES string of the molecule is NC(=O)CCCCCCCCCCCCCCCCC(=O)O.O=CCCCC(=O)NCCOCCOCC(=O)O. The van der Waals surface area contributed by atoms with Gasteiger partial charge in [-0.05, 0) is 19.3 Å². The summed E-state index contributed by atoms with van der Waals surface area (Å²) in [6, 6.07) is 0. The van der Waals surface area contributed by atoms with Crippen LogP contribution in [-0.4, -0.2) is 73.2 Å². The van der Waals surface area contributed by atoms with Gasteiger partial charge < -0.3 is 35.5 Å². The molecule has 11 heteroatoms. The number of ether oxygens (including phenoxy) is 2. The van der Waals surface area contributed by atoms with Crippen molar-refractivity contribution in [3.63, 3.8) is 0 Å². The Bertz CT molecular complexity index is 617. The smallest absolute Gasteiger partial charge is 0.329 e. The number of aldehydes is 1. The zero-order chi connectivity index (χ0) is 30.1. The maximum Gasteiger partial charge on any atom is 0.329 e. The maximum absolute atomic E-state index is 11.2. The number of nitrogens with one attached hydrogen (secondary N) is 1. The molecular weight excluding hydrogens is 520 g/mol. The first-order valence-corrected chi connectivity index (χ1v) is 14.9. The molecule has 2 amide bonds. The Kier molecular flexibility index (Phi) is 32.4. The predicted octanol–water partition coefficient (Wildman–Crippen LogP) is 4.39. The van der Waals surface area contributed by atoms with Crippen LogP contribution in [0.5, 0.6) is 0 Å². The van der Waals surface area contributed by atoms with Gasteiger partial charge in [-0.2, -0.15) is 0 Å². The Morgan fingerprint density at radius 1 is 0.600 bits per heavy atom. The van der Waals surface area contributed by atoms with Crippen molar-refractivity contribution in [2.75, 3.05) is 33.0 Å². The van der Waals surface area contributed by atoms with E-state index in [1.54, 1.807) is 0 Å². The third-order valence-corrected chi connectivity index (χ3v) is 5.96. The Hall–Kier alpha value is -2.53. The Morgan fingerprint density at radius 3 is 1.52 bits per heavy atom. The summed E-state index contributed by atoms with van der Waals surface area (Å²) in [6.07, 6.45) is 19.7. The van der Waals surface area contributed by atoms with Crippen LogP contribution in [0.1, 0.15) is 122 Å². The number of unbranched alkanes of at least 4 members (excludes halogenated alkanes) is 14. The summed E-state index contributed by atoms with van der Waals surface area (Å²) in [6.45, 7) is 0.888. The largest absolute Gasteiger partial charge is 0.481 e. The fourth-order valence-corrected chi connectivity index (χ4v) is 3.77. The molecule has 0 aliphatic carbocycles. The molecule has 11 nitrogen and oxygen atoms in total. The zero-order valence-corrected chi connectivity index (χ0v) is 24.4. The first-order valence-electron chi connectivity index (χ1n) is 14.9. The number of carboxylic acid groups (broad SMARTS) is 2. The number of carbonyl (C=O) groups is 5. The van der Waals surface area contributed by atoms with E-state index in [9.17, 15) is 24.0 Å². The van der Waals surface area contributed by atoms with E-state index in [-0.39, 0.29) is 31.6 Å². The summed E-state index contributed by atoms with van der Waals surface area (Å²) < 4.78 is 9.85. The quantitative estimate of drug-likeness (QED) is 0.0743. The molecule has 0 aromatic carbocycles. The van der Waals surface area contributed by atoms with Crippen molar-refractivity contribution in [1.82, 2.24) is 5.32 Å². The van der Waals surface area contributed by atoms with Gasteiger partial charge in [-0.1, -0.05) is 77.0 Å². The van der Waals surface area contributed by atoms with Gasteiger partial charge in [0.25, 0.3) is 0 Å². The molecule has 0 aliphatic heterocycles. The average Bonchev–Trinajstić information content (AvgIpc) is 2.90. The average molecular weight is 575 g/mol. The number of primary amides is 1. The van der Waals surface area contributed by atoms with Crippen LogP contribution in [0.4, 0.5) is 0 Å². The molecule has 0 bridgehead atoms. The Balaban J connectivity index is 0. The molecule has 0 saturated carbocycles. The molecule has 5 N–H and O–H groups in total. The standard InChI is InChI=1S/C18H35NO3.C11H19NO6/c19-17(20)15-13-11-9-7-5-3-1-2-4-6-8-10-12-14-16-18(21)22;13-5-2-1-3-10(14)12-4-6-17-7-8-18-9-11(15)16/h1-16H2,(H2,19,20)(H,21,22);5H,1-4,6-9H2,(H,12,14)(H,15,16). The van der Waals surface area contributed by atoms with Gasteiger partial charge in [0.1, 0.15) is 12.9 Å². The number of hydrogen-bond acceptors (Lipinski definition) is 7. The van der Waals surface area contributed by atoms with Gasteiger partial charge >= 0.3 is 11.9 Å². The molecule has 0 radical (unpaired) electrons. The minimum absolute atomic E-state index is 0.109. The van der Waals surface area contributed by atoms with Crippen LogP contribution in [0, 0.1) is 0 Å². The van der Waals surface area contributed by atoms with Crippen molar-refractivity contribution in [3.8, 4) is 0 Å². The van der Waals surface area contributed by atoms with Gasteiger partial charge in [-0.25, -0.2) is 4.79 Å². The van der Waals surface area contributed by atoms with Crippen molar-refractivity contribution >= 4 is 30.0 Å². The van der Waals surface area contributed by atoms with Crippen LogP contribution < -0.4 is 11.1 Å². The molecule has 234 valence electrons. The van der Waals surface area contributed by atoms with Crippen molar-refractivity contribution in [3.05, 3.63) is 0 Å². The summed E-state index contributed by atoms with van der Waals surface area (Å²) in [7, 11) is 0. The maximum atomic E-state index is 11.2. The lowest BCUT2D eigenvalue weighted by Gasteiger charge is -2.06. The molecule has 0 rings (SSSR count). The molecule has 0 fully saturated rings. The monoisotopic (exact) mass is 574 g/mol. The van der Waals surface area contributed by atoms with E-state index in [4.69, 9.17) is 25.4 Å². The van der Waals surface area contributed by atoms with E-state index in [0.717, 1.165) is 32.0 Å². The molecule has 0 unspecified atom stereocenters. The summed E-state index contributed by atoms with van der Waals surface area (Å²) in [5.41, 5.74) is 5.10. The topological polar surface area (TPSA) is 182 Å². The molecule has 0 aliphatic rings. The Labute approximate surface area is 239 Å². The summed E-state index contributed by atoms with van der Waals surface area (Å²) in [4.78, 5) is 52.2. The predicted molar refractivity (Wildman–Crippen MR) is 153 cm³/mol. The third-order valence-electron chi connectivity index (χ3n) is 5.96. The molecule has 0 atom stereocenters. The van der Waals surface area contributed by atoms with Gasteiger partial charge in [0.05, 0.1) is 19.8 Å². The number of rotatable bonds is 29. The fourth-order valence-electron chi connectivity index (χ4n) is 3.77. The minimum atomic E-state index is -1.02. The van der Waals surface area contributed by atoms with E-state index in [1.165, 1.54) is 64.2 Å². The highest BCUT2D eigenvalue weighted by atomic mass is 16.5. The van der Waals surface area contributed by atoms with Crippen molar-refractivity contribution in [2.45, 2.75) is 122 Å². The summed E-state index contributed by atoms with van der Waals surface area (Å²) in [5.74, 6) is -1.98. The summed E-state index contributed by atoms with van der Waals surface area (Å²) >= 11 is 0. The fraction of sp³-hybridized carbons (Fsp3) is 0.828. The van der Waals surface area contributed by atoms with Crippen LogP contribution in [-0.2, 0) is 33.4 Å². The van der Waals surface area contributed by atoms with Crippen molar-refractivity contribution < 1.29 is 43.7 Å². The normalized spacial score (nSPS) is 10.4. The number of carboxylic acids is 2. The van der Waals surface area contributed by atoms with E-state index >= 15 is 0 Å². The van der Waals surface area contributed by atoms with E-state index in [1.807, 2.05) is 0 Å². The first-order chi connectivity index (χ1) is 19.3. The number of hydrogen-bond donors (Lipinski definition) is 4. The highest BCUT2D eigenvalue weighted by Crippen LogP contribution is 2.13. The van der Waals surface area contributed by atoms with Gasteiger partial charge in [0, 0.05) is 32.2 Å². The summed E-state index contributed by atoms with van der Waals surface area (Å²) in [5, 5.41) is 19.4. The molecule has 0 aromatic rings. The van der Waals surface area contributed by atoms with E-state index in [0.29, 0.717) is 45.3 Å². The third kappa shape index (κ3) is 40.0. The number of aliphatic carboxylic acids is 2. The lowest BCUT2D eigenvalue weighted by Crippen LogP contribution is -2.27. The second-order valence-electron chi connectivity index (χ2n) is 9.78. The zero-order valence-electron chi connectivity index (χ0n) is 24.4. The van der Waals surface area contributed by atoms with E-state index in [2.05, 4.69) is 5.32 Å². The van der Waals surface area contributed by atoms with Gasteiger partial charge in [-0.15, -0.1) is 0 Å². The van der Waals surface area contributed by atoms with Crippen molar-refractivity contribution in [2.24, 2.45) is 5.73 Å². The molecule has 0 heterocycles. The number of nitrogens with two attached hydrogens (primary N) is 1. The van der Waals surface area contributed by atoms with Crippen molar-refractivity contribution in [1.29, 1.82) is 0 Å². The van der Waals surface area contributed by atoms with Crippen LogP contribution in [0.25, 0.3) is 0 Å². The van der Waals surface area contributed by atoms with Crippen LogP contribution >= 0.6 is 0 Å². The molecular formula is C29H54N2O9. The van der Waals surface area contributed by atoms with Crippen LogP contribution in [0.3, 0.4) is 0 Å². The highest BCUT2D eigenvalue weighted by molar-refractivity contribution is 5.76. The second kappa shape index (κ2) is 32.7. The Morgan fingerprint density at radius 2 is 1.07 bits per heavy atom. The van der Waals surface area contributed by atoms with Gasteiger partial charge in [0.15, 0.2) is 0 Å². The van der Waals surface area contributed by atoms with Gasteiger partial charge in [-0.3, -0.25) is 14.4 Å². The molecule has 0 aromatic heterocycles. The minimum Gasteiger partial charge on any atom is -0.481 e. The number of carbonyl (C=O) groups excluding carboxylic acids is 3. The van der Waals surface area contributed by atoms with Crippen LogP contribution in [0.2, 0.25) is 0 Å². The second-order valence-corrected chi connectivity index (χ2v) is 9.78. The van der Waals surface area contributed by atoms with Gasteiger partial charge in [0.2, 0.25) is 11.8 Å². The first kappa shape index (κ1) is 39.6. The highest BCUT2D eigenvalue weighted by Gasteiger charge is 2.01. The lowest BCUT2D eigenvalue weighted by molar-refractivity contribution is -0.143. The number of amides is 2. The molecule has 0 saturated heterocycles. The molecule has 40 heavy (non-hydrogen) atoms.